The summed E-state index contributed by atoms with van der Waals surface area (Å²) in [5, 5.41) is 4.28. The molecule has 19 heavy (non-hydrogen) atoms. The zero-order valence-corrected chi connectivity index (χ0v) is 11.7. The third-order valence-corrected chi connectivity index (χ3v) is 3.11. The summed E-state index contributed by atoms with van der Waals surface area (Å²) in [4.78, 5) is 36.2. The molecular formula is C12H16N2O4S. The molecule has 1 rings (SSSR count). The lowest BCUT2D eigenvalue weighted by Crippen LogP contribution is -2.40. The Balaban J connectivity index is 2.34. The van der Waals surface area contributed by atoms with Crippen molar-refractivity contribution in [1.82, 2.24) is 10.2 Å². The first-order valence-corrected chi connectivity index (χ1v) is 6.63. The van der Waals surface area contributed by atoms with Crippen LogP contribution in [0.25, 0.3) is 0 Å². The standard InChI is InChI=1S/C12H16N2O4S/c1-3-18-11(16)8-14(2)10(15)7-13-12(17)9-5-4-6-19-9/h4-6H,3,7-8H2,1-2H3,(H,13,17). The highest BCUT2D eigenvalue weighted by Crippen LogP contribution is 2.07. The molecule has 1 N–H and O–H groups in total. The molecule has 6 nitrogen and oxygen atoms in total. The fraction of sp³-hybridized carbons (Fsp3) is 0.417. The molecule has 0 aliphatic carbocycles. The second kappa shape index (κ2) is 7.52. The molecule has 0 aromatic carbocycles. The molecule has 0 aliphatic heterocycles. The van der Waals surface area contributed by atoms with Crippen molar-refractivity contribution in [3.05, 3.63) is 22.4 Å². The van der Waals surface area contributed by atoms with Gasteiger partial charge in [0.25, 0.3) is 5.91 Å². The first-order valence-electron chi connectivity index (χ1n) is 5.76. The molecule has 7 heteroatoms. The fourth-order valence-corrected chi connectivity index (χ4v) is 1.91. The zero-order valence-electron chi connectivity index (χ0n) is 10.8. The molecule has 1 aromatic heterocycles. The molecule has 0 spiro atoms. The average molecular weight is 284 g/mol. The Labute approximate surface area is 115 Å². The predicted molar refractivity (Wildman–Crippen MR) is 70.9 cm³/mol. The van der Waals surface area contributed by atoms with E-state index >= 15 is 0 Å². The van der Waals surface area contributed by atoms with Gasteiger partial charge in [-0.15, -0.1) is 11.3 Å². The summed E-state index contributed by atoms with van der Waals surface area (Å²) in [7, 11) is 1.48. The number of ether oxygens (including phenoxy) is 1. The van der Waals surface area contributed by atoms with Gasteiger partial charge in [0.05, 0.1) is 18.0 Å². The van der Waals surface area contributed by atoms with Crippen molar-refractivity contribution < 1.29 is 19.1 Å². The molecule has 104 valence electrons. The van der Waals surface area contributed by atoms with Crippen molar-refractivity contribution in [3.8, 4) is 0 Å². The number of hydrogen-bond donors (Lipinski definition) is 1. The van der Waals surface area contributed by atoms with Gasteiger partial charge in [0, 0.05) is 7.05 Å². The van der Waals surface area contributed by atoms with E-state index < -0.39 is 5.97 Å². The van der Waals surface area contributed by atoms with Crippen LogP contribution in [0, 0.1) is 0 Å². The molecule has 0 radical (unpaired) electrons. The van der Waals surface area contributed by atoms with Gasteiger partial charge < -0.3 is 15.0 Å². The Bertz CT molecular complexity index is 445. The molecule has 0 fully saturated rings. The van der Waals surface area contributed by atoms with E-state index in [1.807, 2.05) is 0 Å². The summed E-state index contributed by atoms with van der Waals surface area (Å²) >= 11 is 1.30. The molecule has 0 saturated heterocycles. The van der Waals surface area contributed by atoms with E-state index in [4.69, 9.17) is 4.74 Å². The number of rotatable bonds is 6. The van der Waals surface area contributed by atoms with Crippen molar-refractivity contribution in [1.29, 1.82) is 0 Å². The number of nitrogens with one attached hydrogen (secondary N) is 1. The average Bonchev–Trinajstić information content (AvgIpc) is 2.89. The Hall–Kier alpha value is -1.89. The summed E-state index contributed by atoms with van der Waals surface area (Å²) in [6, 6.07) is 3.43. The summed E-state index contributed by atoms with van der Waals surface area (Å²) in [5.41, 5.74) is 0. The van der Waals surface area contributed by atoms with Gasteiger partial charge >= 0.3 is 5.97 Å². The van der Waals surface area contributed by atoms with Crippen LogP contribution >= 0.6 is 11.3 Å². The molecule has 0 aliphatic rings. The molecule has 0 saturated carbocycles. The van der Waals surface area contributed by atoms with E-state index in [0.717, 1.165) is 0 Å². The second-order valence-electron chi connectivity index (χ2n) is 3.71. The number of nitrogens with zero attached hydrogens (tertiary/aromatic N) is 1. The number of hydrogen-bond acceptors (Lipinski definition) is 5. The number of carbonyl (C=O) groups is 3. The minimum atomic E-state index is -0.470. The molecular weight excluding hydrogens is 268 g/mol. The summed E-state index contributed by atoms with van der Waals surface area (Å²) in [6.07, 6.45) is 0. The molecule has 0 atom stereocenters. The van der Waals surface area contributed by atoms with Crippen LogP contribution in [0.1, 0.15) is 16.6 Å². The zero-order chi connectivity index (χ0) is 14.3. The number of carbonyl (C=O) groups excluding carboxylic acids is 3. The van der Waals surface area contributed by atoms with Crippen molar-refractivity contribution in [2.45, 2.75) is 6.92 Å². The van der Waals surface area contributed by atoms with Crippen molar-refractivity contribution >= 4 is 29.1 Å². The maximum Gasteiger partial charge on any atom is 0.325 e. The topological polar surface area (TPSA) is 75.7 Å². The van der Waals surface area contributed by atoms with Gasteiger partial charge in [0.2, 0.25) is 5.91 Å². The molecule has 0 unspecified atom stereocenters. The van der Waals surface area contributed by atoms with Gasteiger partial charge in [0.15, 0.2) is 0 Å². The summed E-state index contributed by atoms with van der Waals surface area (Å²) in [5.74, 6) is -1.12. The fourth-order valence-electron chi connectivity index (χ4n) is 1.27. The number of likely N-dealkylation sites (N-methyl/N-ethyl adjacent to an activating group) is 1. The van der Waals surface area contributed by atoms with Crippen molar-refractivity contribution in [3.63, 3.8) is 0 Å². The van der Waals surface area contributed by atoms with Gasteiger partial charge in [0.1, 0.15) is 6.54 Å². The van der Waals surface area contributed by atoms with Crippen molar-refractivity contribution in [2.24, 2.45) is 0 Å². The second-order valence-corrected chi connectivity index (χ2v) is 4.66. The lowest BCUT2D eigenvalue weighted by atomic mass is 10.4. The number of thiophene rings is 1. The lowest BCUT2D eigenvalue weighted by Gasteiger charge is -2.16. The minimum absolute atomic E-state index is 0.123. The van der Waals surface area contributed by atoms with E-state index in [0.29, 0.717) is 4.88 Å². The van der Waals surface area contributed by atoms with E-state index in [-0.39, 0.29) is 31.5 Å². The molecule has 1 aromatic rings. The van der Waals surface area contributed by atoms with Crippen LogP contribution in [0.15, 0.2) is 17.5 Å². The Morgan fingerprint density at radius 1 is 1.42 bits per heavy atom. The first kappa shape index (κ1) is 15.2. The summed E-state index contributed by atoms with van der Waals surface area (Å²) < 4.78 is 4.73. The third kappa shape index (κ3) is 5.09. The van der Waals surface area contributed by atoms with Gasteiger partial charge in [-0.3, -0.25) is 14.4 Å². The van der Waals surface area contributed by atoms with Crippen LogP contribution in [0.2, 0.25) is 0 Å². The minimum Gasteiger partial charge on any atom is -0.465 e. The monoisotopic (exact) mass is 284 g/mol. The van der Waals surface area contributed by atoms with Crippen LogP contribution < -0.4 is 5.32 Å². The van der Waals surface area contributed by atoms with Crippen LogP contribution in [0.3, 0.4) is 0 Å². The maximum absolute atomic E-state index is 11.7. The van der Waals surface area contributed by atoms with E-state index in [1.165, 1.54) is 23.3 Å². The highest BCUT2D eigenvalue weighted by molar-refractivity contribution is 7.12. The van der Waals surface area contributed by atoms with Gasteiger partial charge in [-0.25, -0.2) is 0 Å². The SMILES string of the molecule is CCOC(=O)CN(C)C(=O)CNC(=O)c1cccs1. The van der Waals surface area contributed by atoms with Crippen LogP contribution in [-0.4, -0.2) is 49.4 Å². The maximum atomic E-state index is 11.7. The Kier molecular flexibility index (Phi) is 6.01. The largest absolute Gasteiger partial charge is 0.465 e. The molecule has 1 heterocycles. The molecule has 0 bridgehead atoms. The van der Waals surface area contributed by atoms with E-state index in [2.05, 4.69) is 5.32 Å². The first-order chi connectivity index (χ1) is 9.04. The smallest absolute Gasteiger partial charge is 0.325 e. The third-order valence-electron chi connectivity index (χ3n) is 2.24. The van der Waals surface area contributed by atoms with Crippen LogP contribution in [0.4, 0.5) is 0 Å². The van der Waals surface area contributed by atoms with E-state index in [9.17, 15) is 14.4 Å². The normalized spacial score (nSPS) is 9.79. The van der Waals surface area contributed by atoms with Crippen molar-refractivity contribution in [2.75, 3.05) is 26.7 Å². The quantitative estimate of drug-likeness (QED) is 0.772. The number of esters is 1. The molecule has 2 amide bonds. The lowest BCUT2D eigenvalue weighted by molar-refractivity contribution is -0.147. The number of amides is 2. The van der Waals surface area contributed by atoms with Gasteiger partial charge in [-0.05, 0) is 18.4 Å². The highest BCUT2D eigenvalue weighted by atomic mass is 32.1. The predicted octanol–water partition coefficient (Wildman–Crippen LogP) is 0.499. The van der Waals surface area contributed by atoms with E-state index in [1.54, 1.807) is 24.4 Å². The van der Waals surface area contributed by atoms with Crippen LogP contribution in [0.5, 0.6) is 0 Å². The Morgan fingerprint density at radius 3 is 2.74 bits per heavy atom. The Morgan fingerprint density at radius 2 is 2.16 bits per heavy atom. The van der Waals surface area contributed by atoms with Crippen LogP contribution in [-0.2, 0) is 14.3 Å². The van der Waals surface area contributed by atoms with Gasteiger partial charge in [-0.1, -0.05) is 6.07 Å². The summed E-state index contributed by atoms with van der Waals surface area (Å²) in [6.45, 7) is 1.70. The van der Waals surface area contributed by atoms with Gasteiger partial charge in [-0.2, -0.15) is 0 Å². The highest BCUT2D eigenvalue weighted by Gasteiger charge is 2.15.